The van der Waals surface area contributed by atoms with Crippen molar-refractivity contribution >= 4 is 132 Å². The molecule has 29 radical (unpaired) electrons. The van der Waals surface area contributed by atoms with Crippen molar-refractivity contribution in [3.8, 4) is 0 Å². The maximum Gasteiger partial charge on any atom is 0.147 e. The van der Waals surface area contributed by atoms with E-state index in [1.165, 1.54) is 85.5 Å². The summed E-state index contributed by atoms with van der Waals surface area (Å²) in [4.78, 5) is 0. The van der Waals surface area contributed by atoms with Crippen LogP contribution in [-0.2, 0) is 0 Å². The fraction of sp³-hybridized carbons (Fsp3) is 0. The van der Waals surface area contributed by atoms with E-state index in [0.29, 0.717) is 8.35 Å². The lowest BCUT2D eigenvalue weighted by Gasteiger charge is -1.96. The quantitative estimate of drug-likeness (QED) is 0.167. The van der Waals surface area contributed by atoms with Gasteiger partial charge in [0.15, 0.2) is 0 Å². The van der Waals surface area contributed by atoms with Crippen LogP contribution in [0.15, 0.2) is 0 Å². The lowest BCUT2D eigenvalue weighted by molar-refractivity contribution is 3.79. The summed E-state index contributed by atoms with van der Waals surface area (Å²) in [6.45, 7) is 0. The number of hydrogen-bond acceptors (Lipinski definition) is 0. The van der Waals surface area contributed by atoms with Gasteiger partial charge in [-0.25, -0.2) is 0 Å². The molecule has 0 aromatic heterocycles. The van der Waals surface area contributed by atoms with E-state index in [-0.39, 0.29) is 0 Å². The van der Waals surface area contributed by atoms with E-state index in [0.717, 1.165) is 17.1 Å². The first-order valence-electron chi connectivity index (χ1n) is 3.44. The molecule has 0 atom stereocenters. The van der Waals surface area contributed by atoms with Crippen LogP contribution in [0.25, 0.3) is 0 Å². The summed E-state index contributed by atoms with van der Waals surface area (Å²) >= 11 is 5.69. The summed E-state index contributed by atoms with van der Waals surface area (Å²) in [7, 11) is 19.3. The molecule has 0 unspecified atom stereocenters. The van der Waals surface area contributed by atoms with Crippen molar-refractivity contribution in [2.75, 3.05) is 0 Å². The Morgan fingerprint density at radius 2 is 0.867 bits per heavy atom. The van der Waals surface area contributed by atoms with E-state index >= 15 is 0 Å². The molecule has 15 heteroatoms. The minimum Gasteiger partial charge on any atom is -0.176 e. The van der Waals surface area contributed by atoms with Crippen LogP contribution in [0.2, 0.25) is 0 Å². The van der Waals surface area contributed by atoms with Gasteiger partial charge in [-0.15, -0.1) is 0 Å². The van der Waals surface area contributed by atoms with E-state index in [2.05, 4.69) is 9.76 Å². The van der Waals surface area contributed by atoms with Crippen LogP contribution in [0.4, 0.5) is 0 Å². The summed E-state index contributed by atoms with van der Waals surface area (Å²) in [6.07, 6.45) is 0. The third-order valence-corrected chi connectivity index (χ3v) is 59.5. The molecular formula is ClSi14. The van der Waals surface area contributed by atoms with Gasteiger partial charge < -0.3 is 0 Å². The molecule has 0 N–H and O–H groups in total. The smallest absolute Gasteiger partial charge is 0.147 e. The molecule has 0 saturated carbocycles. The molecule has 0 aliphatic rings. The zero-order valence-electron chi connectivity index (χ0n) is 7.38. The van der Waals surface area contributed by atoms with Gasteiger partial charge in [-0.2, -0.15) is 11.1 Å². The highest BCUT2D eigenvalue weighted by Gasteiger charge is 1.98. The Morgan fingerprint density at radius 3 is 1.20 bits per heavy atom. The SMILES string of the molecule is [Si][Si][Si][Si][Si][Si][Si][Si][Si][Si][Si][Si][Si][Si]Cl. The second kappa shape index (κ2) is 17.3. The molecule has 0 saturated heterocycles. The number of hydrogen-bond donors (Lipinski definition) is 0. The molecule has 0 aromatic carbocycles. The normalized spacial score (nSPS) is 10.8. The average molecular weight is 429 g/mol. The first kappa shape index (κ1) is 18.3. The molecule has 0 aliphatic heterocycles. The molecule has 63 valence electrons. The lowest BCUT2D eigenvalue weighted by Crippen LogP contribution is -2.34. The molecular weight excluding hydrogens is 429 g/mol. The first-order chi connectivity index (χ1) is 7.41. The van der Waals surface area contributed by atoms with Crippen LogP contribution < -0.4 is 0 Å². The Kier molecular flexibility index (Phi) is 21.2. The standard InChI is InChI=1S/ClSi14/c1-3-5-7-9-11-13-15-14-12-10-8-6-4-2. The molecule has 0 aromatic rings. The Bertz CT molecular complexity index is 89.5. The minimum atomic E-state index is 0.701. The van der Waals surface area contributed by atoms with Crippen LogP contribution in [0.5, 0.6) is 0 Å². The number of halogens is 1. The van der Waals surface area contributed by atoms with Crippen LogP contribution in [0, 0.1) is 0 Å². The third kappa shape index (κ3) is 17.3. The second-order valence-electron chi connectivity index (χ2n) is 1.59. The summed E-state index contributed by atoms with van der Waals surface area (Å²) in [5.41, 5.74) is 0. The predicted molar refractivity (Wildman–Crippen MR) is 86.4 cm³/mol. The number of rotatable bonds is 12. The third-order valence-electron chi connectivity index (χ3n) is 0.735. The Morgan fingerprint density at radius 1 is 0.533 bits per heavy atom. The largest absolute Gasteiger partial charge is 0.176 e. The van der Waals surface area contributed by atoms with Gasteiger partial charge in [0.1, 0.15) is 8.35 Å². The van der Waals surface area contributed by atoms with E-state index in [1.807, 2.05) is 0 Å². The molecule has 0 heterocycles. The molecule has 0 spiro atoms. The molecule has 0 nitrogen and oxygen atoms in total. The van der Waals surface area contributed by atoms with Crippen molar-refractivity contribution in [1.82, 2.24) is 0 Å². The zero-order chi connectivity index (χ0) is 11.2. The molecule has 0 bridgehead atoms. The topological polar surface area (TPSA) is 0 Å². The molecule has 0 fully saturated rings. The van der Waals surface area contributed by atoms with Crippen LogP contribution in [-0.4, -0.2) is 121 Å². The van der Waals surface area contributed by atoms with Gasteiger partial charge in [0.2, 0.25) is 0 Å². The van der Waals surface area contributed by atoms with E-state index < -0.39 is 0 Å². The maximum absolute atomic E-state index is 5.69. The van der Waals surface area contributed by atoms with Crippen molar-refractivity contribution in [3.63, 3.8) is 0 Å². The molecule has 0 aliphatic carbocycles. The molecule has 0 amide bonds. The van der Waals surface area contributed by atoms with E-state index in [9.17, 15) is 0 Å². The maximum atomic E-state index is 5.69. The van der Waals surface area contributed by atoms with Crippen LogP contribution in [0.1, 0.15) is 0 Å². The van der Waals surface area contributed by atoms with Gasteiger partial charge in [0, 0.05) is 112 Å². The van der Waals surface area contributed by atoms with Crippen molar-refractivity contribution in [3.05, 3.63) is 0 Å². The summed E-state index contributed by atoms with van der Waals surface area (Å²) in [5.74, 6) is 0. The van der Waals surface area contributed by atoms with Gasteiger partial charge >= 0.3 is 0 Å². The zero-order valence-corrected chi connectivity index (χ0v) is 22.1. The van der Waals surface area contributed by atoms with Crippen LogP contribution in [0.3, 0.4) is 0 Å². The first-order valence-corrected chi connectivity index (χ1v) is 31.0. The van der Waals surface area contributed by atoms with Crippen LogP contribution >= 0.6 is 11.1 Å². The summed E-state index contributed by atoms with van der Waals surface area (Å²) in [6, 6.07) is 0. The summed E-state index contributed by atoms with van der Waals surface area (Å²) < 4.78 is 0. The minimum absolute atomic E-state index is 0.701. The monoisotopic (exact) mass is 427 g/mol. The molecule has 0 rings (SSSR count). The average Bonchev–Trinajstić information content (AvgIpc) is 2.26. The van der Waals surface area contributed by atoms with Gasteiger partial charge in [-0.05, 0) is 0 Å². The second-order valence-corrected chi connectivity index (χ2v) is 43.1. The Balaban J connectivity index is 2.81. The van der Waals surface area contributed by atoms with Gasteiger partial charge in [-0.3, -0.25) is 0 Å². The van der Waals surface area contributed by atoms with Crippen molar-refractivity contribution in [1.29, 1.82) is 0 Å². The van der Waals surface area contributed by atoms with Gasteiger partial charge in [0.05, 0.1) is 0 Å². The highest BCUT2D eigenvalue weighted by molar-refractivity contribution is 7.73. The summed E-state index contributed by atoms with van der Waals surface area (Å²) in [5, 5.41) is 0. The van der Waals surface area contributed by atoms with E-state index in [4.69, 9.17) is 11.1 Å². The van der Waals surface area contributed by atoms with Crippen molar-refractivity contribution < 1.29 is 0 Å². The highest BCUT2D eigenvalue weighted by atomic mass is 35.6. The predicted octanol–water partition coefficient (Wildman–Crippen LogP) is -4.64. The Hall–Kier alpha value is 3.33. The molecule has 15 heavy (non-hydrogen) atoms. The fourth-order valence-corrected chi connectivity index (χ4v) is 81.7. The lowest BCUT2D eigenvalue weighted by atomic mass is 26.1. The Labute approximate surface area is 130 Å². The van der Waals surface area contributed by atoms with Crippen molar-refractivity contribution in [2.24, 2.45) is 0 Å². The fourth-order valence-electron chi connectivity index (χ4n) is 0.336. The van der Waals surface area contributed by atoms with Gasteiger partial charge in [-0.1, -0.05) is 0 Å². The van der Waals surface area contributed by atoms with Gasteiger partial charge in [0.25, 0.3) is 0 Å². The van der Waals surface area contributed by atoms with Crippen molar-refractivity contribution in [2.45, 2.75) is 0 Å². The highest BCUT2D eigenvalue weighted by Crippen LogP contribution is 1.63. The van der Waals surface area contributed by atoms with E-state index in [1.54, 1.807) is 0 Å².